The normalized spacial score (nSPS) is 18.6. The minimum atomic E-state index is -4.74. The molecule has 2 saturated heterocycles. The number of nitrogen functional groups attached to an aromatic ring is 1. The van der Waals surface area contributed by atoms with Gasteiger partial charge < -0.3 is 34.5 Å². The maximum Gasteiger partial charge on any atom is 0.573 e. The van der Waals surface area contributed by atoms with Crippen LogP contribution in [0.3, 0.4) is 0 Å². The highest BCUT2D eigenvalue weighted by Crippen LogP contribution is 2.39. The van der Waals surface area contributed by atoms with Crippen LogP contribution in [-0.4, -0.2) is 112 Å². The van der Waals surface area contributed by atoms with Gasteiger partial charge in [0.2, 0.25) is 11.8 Å². The lowest BCUT2D eigenvalue weighted by molar-refractivity contribution is -0.274. The zero-order valence-corrected chi connectivity index (χ0v) is 29.3. The summed E-state index contributed by atoms with van der Waals surface area (Å²) in [4.78, 5) is 15.8. The Morgan fingerprint density at radius 3 is 2.40 bits per heavy atom. The van der Waals surface area contributed by atoms with Crippen molar-refractivity contribution in [3.05, 3.63) is 59.2 Å². The SMILES string of the molecule is CCOC1=NS(=O)(=O)N=C1N1CC(COCCN2CCN(c3nc(N)nc4c3CCc3cc(OCc5ccc(OC(F)(F)F)cc5)ccc3-4)CC2)C1. The molecule has 0 atom stereocenters. The predicted octanol–water partition coefficient (Wildman–Crippen LogP) is 3.46. The van der Waals surface area contributed by atoms with Crippen LogP contribution >= 0.6 is 0 Å². The number of fused-ring (bicyclic) bond motifs is 3. The molecule has 2 N–H and O–H groups in total. The van der Waals surface area contributed by atoms with Crippen LogP contribution in [0.1, 0.15) is 23.6 Å². The van der Waals surface area contributed by atoms with E-state index in [1.54, 1.807) is 6.92 Å². The molecule has 1 aromatic heterocycles. The number of alkyl halides is 3. The number of nitrogens with two attached hydrogens (primary N) is 1. The molecule has 18 heteroatoms. The van der Waals surface area contributed by atoms with Gasteiger partial charge in [0.05, 0.1) is 25.5 Å². The van der Waals surface area contributed by atoms with Crippen molar-refractivity contribution in [2.24, 2.45) is 14.7 Å². The Morgan fingerprint density at radius 1 is 0.923 bits per heavy atom. The molecule has 4 heterocycles. The number of ether oxygens (including phenoxy) is 4. The first-order chi connectivity index (χ1) is 24.9. The summed E-state index contributed by atoms with van der Waals surface area (Å²) in [6, 6.07) is 11.4. The van der Waals surface area contributed by atoms with Gasteiger partial charge in [0, 0.05) is 62.9 Å². The number of halogens is 3. The number of hydrogen-bond donors (Lipinski definition) is 1. The summed E-state index contributed by atoms with van der Waals surface area (Å²) in [5.74, 6) is 2.07. The van der Waals surface area contributed by atoms with Crippen molar-refractivity contribution >= 4 is 33.7 Å². The molecule has 3 aromatic rings. The highest BCUT2D eigenvalue weighted by atomic mass is 32.2. The van der Waals surface area contributed by atoms with Crippen molar-refractivity contribution in [1.29, 1.82) is 0 Å². The molecule has 0 saturated carbocycles. The largest absolute Gasteiger partial charge is 0.573 e. The number of aryl methyl sites for hydroxylation is 1. The first kappa shape index (κ1) is 35.7. The molecule has 52 heavy (non-hydrogen) atoms. The second-order valence-corrected chi connectivity index (χ2v) is 14.2. The van der Waals surface area contributed by atoms with E-state index in [-0.39, 0.29) is 36.0 Å². The van der Waals surface area contributed by atoms with Crippen LogP contribution in [0, 0.1) is 5.92 Å². The van der Waals surface area contributed by atoms with E-state index < -0.39 is 16.6 Å². The molecule has 278 valence electrons. The van der Waals surface area contributed by atoms with Gasteiger partial charge in [-0.2, -0.15) is 13.4 Å². The van der Waals surface area contributed by atoms with Gasteiger partial charge in [-0.15, -0.1) is 22.0 Å². The molecule has 0 amide bonds. The second kappa shape index (κ2) is 14.7. The van der Waals surface area contributed by atoms with Crippen molar-refractivity contribution in [2.75, 3.05) is 76.3 Å². The lowest BCUT2D eigenvalue weighted by Crippen LogP contribution is -2.53. The molecule has 2 fully saturated rings. The lowest BCUT2D eigenvalue weighted by Gasteiger charge is -2.40. The Kier molecular flexibility index (Phi) is 10.1. The van der Waals surface area contributed by atoms with Crippen LogP contribution in [0.2, 0.25) is 0 Å². The number of hydrogen-bond acceptors (Lipinski definition) is 12. The first-order valence-electron chi connectivity index (χ1n) is 17.1. The Bertz CT molecular complexity index is 1950. The Morgan fingerprint density at radius 2 is 1.67 bits per heavy atom. The summed E-state index contributed by atoms with van der Waals surface area (Å²) in [6.07, 6.45) is -3.22. The van der Waals surface area contributed by atoms with Gasteiger partial charge in [-0.3, -0.25) is 4.90 Å². The number of piperazine rings is 1. The van der Waals surface area contributed by atoms with E-state index in [0.29, 0.717) is 44.2 Å². The molecule has 1 aliphatic carbocycles. The van der Waals surface area contributed by atoms with Gasteiger partial charge in [-0.05, 0) is 61.2 Å². The minimum absolute atomic E-state index is 0.0591. The Balaban J connectivity index is 0.878. The fraction of sp³-hybridized carbons (Fsp3) is 0.471. The maximum atomic E-state index is 12.5. The zero-order chi connectivity index (χ0) is 36.5. The fourth-order valence-corrected chi connectivity index (χ4v) is 7.52. The third-order valence-corrected chi connectivity index (χ3v) is 10.0. The monoisotopic (exact) mass is 744 g/mol. The average Bonchev–Trinajstić information content (AvgIpc) is 3.39. The van der Waals surface area contributed by atoms with Gasteiger partial charge in [0.25, 0.3) is 5.90 Å². The van der Waals surface area contributed by atoms with Crippen LogP contribution < -0.4 is 20.1 Å². The molecule has 0 spiro atoms. The highest BCUT2D eigenvalue weighted by molar-refractivity contribution is 7.89. The minimum Gasteiger partial charge on any atom is -0.489 e. The molecule has 4 aliphatic rings. The predicted molar refractivity (Wildman–Crippen MR) is 187 cm³/mol. The quantitative estimate of drug-likeness (QED) is 0.286. The van der Waals surface area contributed by atoms with Gasteiger partial charge in [-0.25, -0.2) is 4.98 Å². The van der Waals surface area contributed by atoms with Crippen LogP contribution in [0.15, 0.2) is 51.3 Å². The summed E-state index contributed by atoms with van der Waals surface area (Å²) < 4.78 is 89.4. The van der Waals surface area contributed by atoms with Crippen LogP contribution in [0.25, 0.3) is 11.3 Å². The number of rotatable bonds is 11. The van der Waals surface area contributed by atoms with Gasteiger partial charge >= 0.3 is 16.6 Å². The molecular weight excluding hydrogens is 705 g/mol. The van der Waals surface area contributed by atoms with Crippen LogP contribution in [0.5, 0.6) is 11.5 Å². The lowest BCUT2D eigenvalue weighted by atomic mass is 9.88. The summed E-state index contributed by atoms with van der Waals surface area (Å²) in [5, 5.41) is 0. The third-order valence-electron chi connectivity index (χ3n) is 9.25. The van der Waals surface area contributed by atoms with Gasteiger partial charge in [-0.1, -0.05) is 12.1 Å². The van der Waals surface area contributed by atoms with Crippen molar-refractivity contribution < 1.29 is 40.5 Å². The number of benzene rings is 2. The third kappa shape index (κ3) is 8.34. The van der Waals surface area contributed by atoms with E-state index in [1.807, 2.05) is 23.1 Å². The molecule has 3 aliphatic heterocycles. The Labute approximate surface area is 299 Å². The Hall–Kier alpha value is -4.68. The number of aromatic nitrogens is 2. The molecule has 2 aromatic carbocycles. The molecule has 14 nitrogen and oxygen atoms in total. The van der Waals surface area contributed by atoms with Crippen molar-refractivity contribution in [2.45, 2.75) is 32.7 Å². The van der Waals surface area contributed by atoms with E-state index in [1.165, 1.54) is 24.3 Å². The van der Waals surface area contributed by atoms with Crippen LogP contribution in [-0.2, 0) is 39.1 Å². The molecule has 0 unspecified atom stereocenters. The van der Waals surface area contributed by atoms with E-state index in [4.69, 9.17) is 19.9 Å². The zero-order valence-electron chi connectivity index (χ0n) is 28.5. The van der Waals surface area contributed by atoms with E-state index in [2.05, 4.69) is 33.3 Å². The standard InChI is InChI=1S/C34H39F3N8O6S/c1-2-49-32-31(41-52(46,47)42-32)45-18-23(19-45)20-48-16-15-43-11-13-44(14-12-43)30-28-9-5-24-17-26(8-10-27(24)29(28)39-33(38)40-30)50-21-22-3-6-25(7-4-22)51-34(35,36)37/h3-4,6-8,10,17,23H,2,5,9,11-16,18-21H2,1H3,(H2,38,39,40). The average molecular weight is 745 g/mol. The molecule has 0 radical (unpaired) electrons. The summed E-state index contributed by atoms with van der Waals surface area (Å²) in [5.41, 5.74) is 10.9. The molecule has 0 bridgehead atoms. The maximum absolute atomic E-state index is 12.5. The molecule has 7 rings (SSSR count). The first-order valence-corrected chi connectivity index (χ1v) is 18.5. The highest BCUT2D eigenvalue weighted by Gasteiger charge is 2.37. The van der Waals surface area contributed by atoms with Crippen LogP contribution in [0.4, 0.5) is 24.9 Å². The smallest absolute Gasteiger partial charge is 0.489 e. The molecular formula is C34H39F3N8O6S. The van der Waals surface area contributed by atoms with E-state index >= 15 is 0 Å². The number of likely N-dealkylation sites (tertiary alicyclic amines) is 1. The van der Waals surface area contributed by atoms with Gasteiger partial charge in [0.15, 0.2) is 0 Å². The van der Waals surface area contributed by atoms with Crippen molar-refractivity contribution in [3.8, 4) is 22.8 Å². The number of anilines is 2. The fourth-order valence-electron chi connectivity index (χ4n) is 6.72. The van der Waals surface area contributed by atoms with Crippen molar-refractivity contribution in [3.63, 3.8) is 0 Å². The summed E-state index contributed by atoms with van der Waals surface area (Å²) in [7, 11) is -3.87. The van der Waals surface area contributed by atoms with E-state index in [0.717, 1.165) is 73.8 Å². The summed E-state index contributed by atoms with van der Waals surface area (Å²) >= 11 is 0. The van der Waals surface area contributed by atoms with Gasteiger partial charge in [0.1, 0.15) is 23.9 Å². The number of nitrogens with zero attached hydrogens (tertiary/aromatic N) is 7. The number of amidine groups is 1. The topological polar surface area (TPSA) is 157 Å². The second-order valence-electron chi connectivity index (χ2n) is 12.9. The van der Waals surface area contributed by atoms with E-state index in [9.17, 15) is 21.6 Å². The summed E-state index contributed by atoms with van der Waals surface area (Å²) in [6.45, 7) is 8.80. The van der Waals surface area contributed by atoms with Crippen molar-refractivity contribution in [1.82, 2.24) is 19.8 Å².